The Kier molecular flexibility index (Phi) is 4.02. The smallest absolute Gasteiger partial charge is 0.202 e. The zero-order chi connectivity index (χ0) is 14.5. The molecule has 3 aromatic rings. The van der Waals surface area contributed by atoms with E-state index in [1.807, 2.05) is 24.4 Å². The molecule has 0 aliphatic rings. The third kappa shape index (κ3) is 3.32. The number of tetrazole rings is 1. The van der Waals surface area contributed by atoms with Gasteiger partial charge in [0.15, 0.2) is 0 Å². The number of H-pyrrole nitrogens is 1. The normalized spacial score (nSPS) is 12.4. The van der Waals surface area contributed by atoms with Gasteiger partial charge < -0.3 is 9.67 Å². The molecule has 0 aromatic carbocycles. The fourth-order valence-corrected chi connectivity index (χ4v) is 2.24. The van der Waals surface area contributed by atoms with Crippen LogP contribution in [0.25, 0.3) is 0 Å². The zero-order valence-corrected chi connectivity index (χ0v) is 11.4. The van der Waals surface area contributed by atoms with Gasteiger partial charge in [-0.25, -0.2) is 0 Å². The van der Waals surface area contributed by atoms with Gasteiger partial charge in [-0.15, -0.1) is 10.2 Å². The number of aliphatic hydroxyl groups excluding tert-OH is 1. The molecule has 0 fully saturated rings. The first-order chi connectivity index (χ1) is 10.3. The summed E-state index contributed by atoms with van der Waals surface area (Å²) in [4.78, 5) is 4.02. The van der Waals surface area contributed by atoms with Crippen molar-refractivity contribution < 1.29 is 5.11 Å². The Morgan fingerprint density at radius 3 is 2.86 bits per heavy atom. The standard InChI is InChI=1S/C14H16N6O/c21-13(14-16-18-19-17-14)4-3-12-2-1-9-20(12)10-11-5-7-15-8-6-11/h1-2,5-9,13,21H,3-4,10H2,(H,16,17,18,19). The number of hydrogen-bond acceptors (Lipinski definition) is 5. The molecule has 0 amide bonds. The van der Waals surface area contributed by atoms with Crippen molar-refractivity contribution in [1.29, 1.82) is 0 Å². The first kappa shape index (κ1) is 13.4. The van der Waals surface area contributed by atoms with Crippen LogP contribution in [0.1, 0.15) is 29.6 Å². The Morgan fingerprint density at radius 1 is 1.24 bits per heavy atom. The molecule has 21 heavy (non-hydrogen) atoms. The van der Waals surface area contributed by atoms with Crippen molar-refractivity contribution in [2.75, 3.05) is 0 Å². The lowest BCUT2D eigenvalue weighted by Gasteiger charge is -2.10. The molecule has 1 atom stereocenters. The number of rotatable bonds is 6. The maximum atomic E-state index is 9.99. The minimum absolute atomic E-state index is 0.335. The van der Waals surface area contributed by atoms with E-state index in [-0.39, 0.29) is 0 Å². The van der Waals surface area contributed by atoms with Crippen molar-refractivity contribution in [3.05, 3.63) is 59.9 Å². The summed E-state index contributed by atoms with van der Waals surface area (Å²) in [6, 6.07) is 8.07. The van der Waals surface area contributed by atoms with E-state index in [0.29, 0.717) is 12.2 Å². The predicted molar refractivity (Wildman–Crippen MR) is 75.2 cm³/mol. The topological polar surface area (TPSA) is 92.5 Å². The Morgan fingerprint density at radius 2 is 2.10 bits per heavy atom. The SMILES string of the molecule is OC(CCc1cccn1Cc1ccncc1)c1nn[nH]n1. The molecule has 3 heterocycles. The minimum Gasteiger partial charge on any atom is -0.385 e. The van der Waals surface area contributed by atoms with E-state index in [9.17, 15) is 5.11 Å². The second kappa shape index (κ2) is 6.27. The number of aliphatic hydroxyl groups is 1. The lowest BCUT2D eigenvalue weighted by atomic mass is 10.1. The van der Waals surface area contributed by atoms with E-state index < -0.39 is 6.10 Å². The maximum absolute atomic E-state index is 9.99. The quantitative estimate of drug-likeness (QED) is 0.707. The Hall–Kier alpha value is -2.54. The first-order valence-corrected chi connectivity index (χ1v) is 6.77. The molecule has 0 bridgehead atoms. The summed E-state index contributed by atoms with van der Waals surface area (Å²) < 4.78 is 2.16. The van der Waals surface area contributed by atoms with Gasteiger partial charge in [0.05, 0.1) is 0 Å². The number of aromatic amines is 1. The van der Waals surface area contributed by atoms with Crippen molar-refractivity contribution in [1.82, 2.24) is 30.2 Å². The molecule has 3 aromatic heterocycles. The Bertz CT molecular complexity index is 664. The molecule has 1 unspecified atom stereocenters. The van der Waals surface area contributed by atoms with Crippen molar-refractivity contribution >= 4 is 0 Å². The Labute approximate surface area is 121 Å². The second-order valence-electron chi connectivity index (χ2n) is 4.81. The number of nitrogens with one attached hydrogen (secondary N) is 1. The molecule has 2 N–H and O–H groups in total. The van der Waals surface area contributed by atoms with Gasteiger partial charge in [-0.2, -0.15) is 5.21 Å². The van der Waals surface area contributed by atoms with Gasteiger partial charge in [-0.3, -0.25) is 4.98 Å². The summed E-state index contributed by atoms with van der Waals surface area (Å²) in [5.74, 6) is 0.335. The van der Waals surface area contributed by atoms with E-state index in [1.165, 1.54) is 5.56 Å². The number of aromatic nitrogens is 6. The number of hydrogen-bond donors (Lipinski definition) is 2. The van der Waals surface area contributed by atoms with E-state index in [1.54, 1.807) is 12.4 Å². The zero-order valence-electron chi connectivity index (χ0n) is 11.4. The highest BCUT2D eigenvalue weighted by atomic mass is 16.3. The summed E-state index contributed by atoms with van der Waals surface area (Å²) >= 11 is 0. The monoisotopic (exact) mass is 284 g/mol. The molecular weight excluding hydrogens is 268 g/mol. The first-order valence-electron chi connectivity index (χ1n) is 6.77. The third-order valence-corrected chi connectivity index (χ3v) is 3.36. The third-order valence-electron chi connectivity index (χ3n) is 3.36. The van der Waals surface area contributed by atoms with E-state index in [0.717, 1.165) is 18.7 Å². The molecular formula is C14H16N6O. The van der Waals surface area contributed by atoms with Crippen LogP contribution in [0.5, 0.6) is 0 Å². The molecule has 0 aliphatic heterocycles. The molecule has 108 valence electrons. The molecule has 0 saturated heterocycles. The molecule has 0 spiro atoms. The summed E-state index contributed by atoms with van der Waals surface area (Å²) in [5.41, 5.74) is 2.36. The van der Waals surface area contributed by atoms with Gasteiger partial charge in [0.2, 0.25) is 5.82 Å². The summed E-state index contributed by atoms with van der Waals surface area (Å²) in [5, 5.41) is 23.4. The van der Waals surface area contributed by atoms with Crippen LogP contribution in [-0.4, -0.2) is 35.3 Å². The predicted octanol–water partition coefficient (Wildman–Crippen LogP) is 1.11. The van der Waals surface area contributed by atoms with Crippen LogP contribution in [0.2, 0.25) is 0 Å². The van der Waals surface area contributed by atoms with Crippen molar-refractivity contribution in [3.63, 3.8) is 0 Å². The summed E-state index contributed by atoms with van der Waals surface area (Å²) in [6.45, 7) is 0.795. The fourth-order valence-electron chi connectivity index (χ4n) is 2.24. The molecule has 3 rings (SSSR count). The van der Waals surface area contributed by atoms with Crippen molar-refractivity contribution in [2.45, 2.75) is 25.5 Å². The average molecular weight is 284 g/mol. The van der Waals surface area contributed by atoms with Crippen molar-refractivity contribution in [3.8, 4) is 0 Å². The van der Waals surface area contributed by atoms with Crippen LogP contribution in [0, 0.1) is 0 Å². The highest BCUT2D eigenvalue weighted by Crippen LogP contribution is 2.16. The lowest BCUT2D eigenvalue weighted by molar-refractivity contribution is 0.157. The van der Waals surface area contributed by atoms with Gasteiger partial charge in [-0.1, -0.05) is 5.21 Å². The molecule has 7 nitrogen and oxygen atoms in total. The number of nitrogens with zero attached hydrogens (tertiary/aromatic N) is 5. The summed E-state index contributed by atoms with van der Waals surface area (Å²) in [7, 11) is 0. The fraction of sp³-hybridized carbons (Fsp3) is 0.286. The maximum Gasteiger partial charge on any atom is 0.202 e. The molecule has 0 radical (unpaired) electrons. The largest absolute Gasteiger partial charge is 0.385 e. The van der Waals surface area contributed by atoms with Crippen molar-refractivity contribution in [2.24, 2.45) is 0 Å². The average Bonchev–Trinajstić information content (AvgIpc) is 3.18. The van der Waals surface area contributed by atoms with E-state index >= 15 is 0 Å². The van der Waals surface area contributed by atoms with Crippen LogP contribution < -0.4 is 0 Å². The van der Waals surface area contributed by atoms with Gasteiger partial charge in [-0.05, 0) is 42.7 Å². The molecule has 0 saturated carbocycles. The summed E-state index contributed by atoms with van der Waals surface area (Å²) in [6.07, 6.45) is 6.22. The van der Waals surface area contributed by atoms with Crippen LogP contribution in [0.15, 0.2) is 42.9 Å². The molecule has 0 aliphatic carbocycles. The lowest BCUT2D eigenvalue weighted by Crippen LogP contribution is -2.07. The Balaban J connectivity index is 1.63. The molecule has 7 heteroatoms. The van der Waals surface area contributed by atoms with Gasteiger partial charge >= 0.3 is 0 Å². The minimum atomic E-state index is -0.701. The van der Waals surface area contributed by atoms with Gasteiger partial charge in [0.1, 0.15) is 6.10 Å². The van der Waals surface area contributed by atoms with Gasteiger partial charge in [0.25, 0.3) is 0 Å². The highest BCUT2D eigenvalue weighted by Gasteiger charge is 2.13. The number of pyridine rings is 1. The van der Waals surface area contributed by atoms with Crippen LogP contribution in [0.3, 0.4) is 0 Å². The number of aryl methyl sites for hydroxylation is 1. The van der Waals surface area contributed by atoms with E-state index in [4.69, 9.17) is 0 Å². The van der Waals surface area contributed by atoms with Gasteiger partial charge in [0, 0.05) is 30.8 Å². The second-order valence-corrected chi connectivity index (χ2v) is 4.81. The van der Waals surface area contributed by atoms with Crippen LogP contribution >= 0.6 is 0 Å². The van der Waals surface area contributed by atoms with E-state index in [2.05, 4.69) is 36.2 Å². The highest BCUT2D eigenvalue weighted by molar-refractivity contribution is 5.15. The van der Waals surface area contributed by atoms with Crippen LogP contribution in [-0.2, 0) is 13.0 Å². The van der Waals surface area contributed by atoms with Crippen LogP contribution in [0.4, 0.5) is 0 Å².